The molecule has 0 aromatic heterocycles. The van der Waals surface area contributed by atoms with Gasteiger partial charge in [-0.15, -0.1) is 5.70 Å². The second kappa shape index (κ2) is 3.29. The smallest absolute Gasteiger partial charge is 0.0124 e. The molecule has 3 nitrogen and oxygen atoms in total. The Balaban J connectivity index is 2.01. The minimum absolute atomic E-state index is 0.885. The van der Waals surface area contributed by atoms with Gasteiger partial charge in [-0.05, 0) is 16.7 Å². The summed E-state index contributed by atoms with van der Waals surface area (Å²) in [6.45, 7) is 0. The molecule has 2 aliphatic carbocycles. The fourth-order valence-corrected chi connectivity index (χ4v) is 1.78. The minimum atomic E-state index is 0.885. The van der Waals surface area contributed by atoms with Crippen LogP contribution in [0, 0.1) is 0 Å². The van der Waals surface area contributed by atoms with Crippen LogP contribution in [-0.4, -0.2) is 0 Å². The maximum Gasteiger partial charge on any atom is -0.0124 e. The zero-order valence-electron chi connectivity index (χ0n) is 8.01. The molecule has 0 aromatic carbocycles. The van der Waals surface area contributed by atoms with Crippen molar-refractivity contribution in [2.75, 3.05) is 0 Å². The van der Waals surface area contributed by atoms with Gasteiger partial charge < -0.3 is 16.4 Å². The molecule has 3 aliphatic rings. The molecule has 3 rings (SSSR count). The standard InChI is InChI=1S/C12H9N3/c1-2-5-9(4-1)10-6-3-7-11(10)12-8-13-15-14-12/h1-8,15H/q-2. The molecular weight excluding hydrogens is 186 g/mol. The lowest BCUT2D eigenvalue weighted by Crippen LogP contribution is -1.94. The number of nitrogens with zero attached hydrogens (tertiary/aromatic N) is 2. The molecule has 15 heavy (non-hydrogen) atoms. The summed E-state index contributed by atoms with van der Waals surface area (Å²) in [5.74, 6) is 0. The zero-order valence-corrected chi connectivity index (χ0v) is 8.01. The van der Waals surface area contributed by atoms with Gasteiger partial charge in [-0.1, -0.05) is 42.5 Å². The average Bonchev–Trinajstić information content (AvgIpc) is 3.01. The van der Waals surface area contributed by atoms with E-state index in [2.05, 4.69) is 40.7 Å². The van der Waals surface area contributed by atoms with Gasteiger partial charge in [0.1, 0.15) is 0 Å². The number of hydrogen-bond donors (Lipinski definition) is 1. The SMILES string of the molecule is C1=CC(=C2C=CC=C2C2=C[N-]N[N-]2)C=C1. The van der Waals surface area contributed by atoms with Crippen LogP contribution in [0.4, 0.5) is 0 Å². The highest BCUT2D eigenvalue weighted by molar-refractivity contribution is 5.67. The maximum atomic E-state index is 4.09. The van der Waals surface area contributed by atoms with Crippen LogP contribution < -0.4 is 5.53 Å². The fourth-order valence-electron chi connectivity index (χ4n) is 1.78. The van der Waals surface area contributed by atoms with Crippen molar-refractivity contribution in [3.8, 4) is 0 Å². The van der Waals surface area contributed by atoms with Crippen LogP contribution in [0.15, 0.2) is 71.1 Å². The van der Waals surface area contributed by atoms with Gasteiger partial charge in [0, 0.05) is 0 Å². The van der Waals surface area contributed by atoms with E-state index in [1.54, 1.807) is 6.20 Å². The molecule has 0 saturated carbocycles. The Morgan fingerprint density at radius 1 is 1.00 bits per heavy atom. The number of hydrogen-bond acceptors (Lipinski definition) is 1. The first-order chi connectivity index (χ1) is 7.45. The largest absolute Gasteiger partial charge is 0.645 e. The Kier molecular flexibility index (Phi) is 1.83. The van der Waals surface area contributed by atoms with Gasteiger partial charge in [0.25, 0.3) is 0 Å². The van der Waals surface area contributed by atoms with Gasteiger partial charge in [-0.3, -0.25) is 0 Å². The number of nitrogens with one attached hydrogen (secondary N) is 1. The Hall–Kier alpha value is -2.00. The first-order valence-corrected chi connectivity index (χ1v) is 4.79. The van der Waals surface area contributed by atoms with E-state index in [0.717, 1.165) is 11.3 Å². The maximum absolute atomic E-state index is 4.09. The molecule has 0 bridgehead atoms. The van der Waals surface area contributed by atoms with E-state index >= 15 is 0 Å². The number of allylic oxidation sites excluding steroid dienone is 9. The van der Waals surface area contributed by atoms with Crippen molar-refractivity contribution in [1.82, 2.24) is 5.53 Å². The molecule has 0 saturated heterocycles. The summed E-state index contributed by atoms with van der Waals surface area (Å²) in [5.41, 5.74) is 15.0. The van der Waals surface area contributed by atoms with Crippen LogP contribution in [-0.2, 0) is 0 Å². The summed E-state index contributed by atoms with van der Waals surface area (Å²) < 4.78 is 0. The zero-order chi connectivity index (χ0) is 10.1. The van der Waals surface area contributed by atoms with Gasteiger partial charge in [-0.25, -0.2) is 0 Å². The molecular formula is C12H9N3-2. The topological polar surface area (TPSA) is 40.2 Å². The van der Waals surface area contributed by atoms with Crippen molar-refractivity contribution in [2.24, 2.45) is 0 Å². The first kappa shape index (κ1) is 8.32. The van der Waals surface area contributed by atoms with Gasteiger partial charge in [0.15, 0.2) is 0 Å². The Bertz CT molecular complexity index is 459. The van der Waals surface area contributed by atoms with Gasteiger partial charge in [0.2, 0.25) is 0 Å². The van der Waals surface area contributed by atoms with Gasteiger partial charge in [-0.2, -0.15) is 6.20 Å². The Morgan fingerprint density at radius 3 is 2.60 bits per heavy atom. The minimum Gasteiger partial charge on any atom is -0.645 e. The van der Waals surface area contributed by atoms with Gasteiger partial charge in [0.05, 0.1) is 0 Å². The molecule has 0 spiro atoms. The predicted molar refractivity (Wildman–Crippen MR) is 60.5 cm³/mol. The molecule has 74 valence electrons. The molecule has 1 N–H and O–H groups in total. The van der Waals surface area contributed by atoms with E-state index in [4.69, 9.17) is 0 Å². The third-order valence-electron chi connectivity index (χ3n) is 2.48. The number of rotatable bonds is 1. The lowest BCUT2D eigenvalue weighted by molar-refractivity contribution is 1.11. The Labute approximate surface area is 88.2 Å². The summed E-state index contributed by atoms with van der Waals surface area (Å²) >= 11 is 0. The summed E-state index contributed by atoms with van der Waals surface area (Å²) in [7, 11) is 0. The average molecular weight is 195 g/mol. The van der Waals surface area contributed by atoms with E-state index in [-0.39, 0.29) is 0 Å². The normalized spacial score (nSPS) is 21.9. The van der Waals surface area contributed by atoms with E-state index in [1.165, 1.54) is 11.1 Å². The fraction of sp³-hybridized carbons (Fsp3) is 0. The van der Waals surface area contributed by atoms with Crippen molar-refractivity contribution in [3.05, 3.63) is 82.0 Å². The van der Waals surface area contributed by atoms with Crippen LogP contribution >= 0.6 is 0 Å². The highest BCUT2D eigenvalue weighted by Gasteiger charge is 2.10. The second-order valence-electron chi connectivity index (χ2n) is 3.38. The molecule has 0 fully saturated rings. The molecule has 3 heteroatoms. The van der Waals surface area contributed by atoms with Gasteiger partial charge >= 0.3 is 0 Å². The lowest BCUT2D eigenvalue weighted by atomic mass is 10.0. The predicted octanol–water partition coefficient (Wildman–Crippen LogP) is 2.93. The van der Waals surface area contributed by atoms with E-state index in [1.807, 2.05) is 18.2 Å². The van der Waals surface area contributed by atoms with Crippen molar-refractivity contribution >= 4 is 0 Å². The van der Waals surface area contributed by atoms with E-state index < -0.39 is 0 Å². The van der Waals surface area contributed by atoms with Crippen molar-refractivity contribution < 1.29 is 0 Å². The molecule has 1 aliphatic heterocycles. The lowest BCUT2D eigenvalue weighted by Gasteiger charge is -2.26. The molecule has 1 heterocycles. The summed E-state index contributed by atoms with van der Waals surface area (Å²) in [6, 6.07) is 0. The summed E-state index contributed by atoms with van der Waals surface area (Å²) in [6.07, 6.45) is 16.2. The van der Waals surface area contributed by atoms with Crippen LogP contribution in [0.1, 0.15) is 0 Å². The van der Waals surface area contributed by atoms with Crippen LogP contribution in [0.2, 0.25) is 0 Å². The van der Waals surface area contributed by atoms with E-state index in [9.17, 15) is 0 Å². The quantitative estimate of drug-likeness (QED) is 0.686. The first-order valence-electron chi connectivity index (χ1n) is 4.79. The van der Waals surface area contributed by atoms with Crippen molar-refractivity contribution in [2.45, 2.75) is 0 Å². The highest BCUT2D eigenvalue weighted by atomic mass is 15.6. The molecule has 0 atom stereocenters. The molecule has 0 aromatic rings. The van der Waals surface area contributed by atoms with Crippen LogP contribution in [0.5, 0.6) is 0 Å². The molecule has 0 amide bonds. The molecule has 0 radical (unpaired) electrons. The third kappa shape index (κ3) is 1.33. The van der Waals surface area contributed by atoms with Crippen LogP contribution in [0.3, 0.4) is 0 Å². The highest BCUT2D eigenvalue weighted by Crippen LogP contribution is 2.34. The summed E-state index contributed by atoms with van der Waals surface area (Å²) in [4.78, 5) is 0. The second-order valence-corrected chi connectivity index (χ2v) is 3.38. The van der Waals surface area contributed by atoms with Crippen molar-refractivity contribution in [1.29, 1.82) is 0 Å². The molecule has 0 unspecified atom stereocenters. The van der Waals surface area contributed by atoms with Crippen molar-refractivity contribution in [3.63, 3.8) is 0 Å². The van der Waals surface area contributed by atoms with Crippen LogP contribution in [0.25, 0.3) is 10.9 Å². The van der Waals surface area contributed by atoms with E-state index in [0.29, 0.717) is 0 Å². The summed E-state index contributed by atoms with van der Waals surface area (Å²) in [5, 5.41) is 0. The Morgan fingerprint density at radius 2 is 1.87 bits per heavy atom. The monoisotopic (exact) mass is 195 g/mol. The third-order valence-corrected chi connectivity index (χ3v) is 2.48.